The summed E-state index contributed by atoms with van der Waals surface area (Å²) in [7, 11) is 1.49. The summed E-state index contributed by atoms with van der Waals surface area (Å²) in [6.07, 6.45) is 2.00. The number of pyridine rings is 1. The van der Waals surface area contributed by atoms with Gasteiger partial charge in [-0.3, -0.25) is 4.79 Å². The monoisotopic (exact) mass is 401 g/mol. The van der Waals surface area contributed by atoms with E-state index in [1.165, 1.54) is 19.2 Å². The lowest BCUT2D eigenvalue weighted by Crippen LogP contribution is -2.08. The van der Waals surface area contributed by atoms with Crippen LogP contribution in [0.1, 0.15) is 20.7 Å². The van der Waals surface area contributed by atoms with Gasteiger partial charge in [0.15, 0.2) is 6.29 Å². The first-order valence-corrected chi connectivity index (χ1v) is 9.10. The van der Waals surface area contributed by atoms with Gasteiger partial charge in [-0.1, -0.05) is 30.3 Å². The number of rotatable bonds is 5. The van der Waals surface area contributed by atoms with Crippen molar-refractivity contribution in [3.63, 3.8) is 0 Å². The minimum Gasteiger partial charge on any atom is -0.481 e. The zero-order valence-corrected chi connectivity index (χ0v) is 16.0. The molecule has 0 saturated carbocycles. The largest absolute Gasteiger partial charge is 0.481 e. The molecule has 1 aromatic heterocycles. The van der Waals surface area contributed by atoms with E-state index in [2.05, 4.69) is 4.98 Å². The predicted molar refractivity (Wildman–Crippen MR) is 110 cm³/mol. The van der Waals surface area contributed by atoms with Crippen LogP contribution in [0.25, 0.3) is 21.9 Å². The number of carbonyl (C=O) groups excluding carboxylic acids is 2. The van der Waals surface area contributed by atoms with Crippen molar-refractivity contribution in [2.24, 2.45) is 0 Å². The van der Waals surface area contributed by atoms with E-state index in [-0.39, 0.29) is 5.56 Å². The number of carbonyl (C=O) groups is 2. The van der Waals surface area contributed by atoms with Crippen molar-refractivity contribution in [2.45, 2.75) is 0 Å². The normalized spacial score (nSPS) is 10.6. The Hall–Kier alpha value is -4.06. The van der Waals surface area contributed by atoms with Crippen molar-refractivity contribution in [2.75, 3.05) is 7.11 Å². The minimum atomic E-state index is -0.616. The molecule has 0 bridgehead atoms. The molecule has 0 unspecified atom stereocenters. The van der Waals surface area contributed by atoms with E-state index in [0.29, 0.717) is 45.4 Å². The molecule has 0 radical (unpaired) electrons. The highest BCUT2D eigenvalue weighted by Crippen LogP contribution is 2.39. The Morgan fingerprint density at radius 1 is 1.03 bits per heavy atom. The van der Waals surface area contributed by atoms with Crippen LogP contribution >= 0.6 is 0 Å². The van der Waals surface area contributed by atoms with Crippen LogP contribution < -0.4 is 9.47 Å². The maximum atomic E-state index is 13.8. The molecule has 0 fully saturated rings. The highest BCUT2D eigenvalue weighted by Gasteiger charge is 2.18. The lowest BCUT2D eigenvalue weighted by molar-refractivity contribution is 0.0737. The molecule has 148 valence electrons. The summed E-state index contributed by atoms with van der Waals surface area (Å²) in [6.45, 7) is 0. The molecule has 0 saturated heterocycles. The summed E-state index contributed by atoms with van der Waals surface area (Å²) in [5, 5.41) is 1.18. The third kappa shape index (κ3) is 3.51. The first-order valence-electron chi connectivity index (χ1n) is 9.10. The van der Waals surface area contributed by atoms with Gasteiger partial charge in [0.25, 0.3) is 0 Å². The van der Waals surface area contributed by atoms with E-state index in [1.807, 2.05) is 6.07 Å². The quantitative estimate of drug-likeness (QED) is 0.265. The molecular weight excluding hydrogens is 385 g/mol. The number of esters is 1. The second kappa shape index (κ2) is 8.13. The fourth-order valence-electron chi connectivity index (χ4n) is 3.25. The molecule has 0 amide bonds. The maximum Gasteiger partial charge on any atom is 0.343 e. The van der Waals surface area contributed by atoms with E-state index in [4.69, 9.17) is 9.47 Å². The van der Waals surface area contributed by atoms with Crippen molar-refractivity contribution < 1.29 is 23.5 Å². The van der Waals surface area contributed by atoms with Gasteiger partial charge in [0.05, 0.1) is 18.2 Å². The molecule has 4 rings (SSSR count). The van der Waals surface area contributed by atoms with Gasteiger partial charge >= 0.3 is 5.97 Å². The van der Waals surface area contributed by atoms with Crippen LogP contribution in [0.15, 0.2) is 72.9 Å². The Labute approximate surface area is 171 Å². The maximum absolute atomic E-state index is 13.8. The van der Waals surface area contributed by atoms with Crippen LogP contribution in [0, 0.1) is 5.82 Å². The summed E-state index contributed by atoms with van der Waals surface area (Å²) < 4.78 is 24.9. The van der Waals surface area contributed by atoms with E-state index < -0.39 is 11.8 Å². The number of benzene rings is 3. The van der Waals surface area contributed by atoms with Crippen LogP contribution in [0.2, 0.25) is 0 Å². The average molecular weight is 401 g/mol. The van der Waals surface area contributed by atoms with E-state index in [9.17, 15) is 14.0 Å². The van der Waals surface area contributed by atoms with Crippen LogP contribution in [0.3, 0.4) is 0 Å². The van der Waals surface area contributed by atoms with Gasteiger partial charge in [0.1, 0.15) is 11.6 Å². The smallest absolute Gasteiger partial charge is 0.343 e. The number of halogens is 1. The molecule has 0 aliphatic heterocycles. The number of ether oxygens (including phenoxy) is 2. The fraction of sp³-hybridized carbons (Fsp3) is 0.0417. The predicted octanol–water partition coefficient (Wildman–Crippen LogP) is 5.08. The average Bonchev–Trinajstić information content (AvgIpc) is 2.79. The first kappa shape index (κ1) is 19.3. The van der Waals surface area contributed by atoms with Crippen molar-refractivity contribution in [1.29, 1.82) is 0 Å². The van der Waals surface area contributed by atoms with E-state index in [1.54, 1.807) is 54.7 Å². The van der Waals surface area contributed by atoms with Gasteiger partial charge < -0.3 is 9.47 Å². The summed E-state index contributed by atoms with van der Waals surface area (Å²) in [5.74, 6) is -0.481. The zero-order chi connectivity index (χ0) is 21.1. The van der Waals surface area contributed by atoms with Gasteiger partial charge in [-0.15, -0.1) is 0 Å². The molecule has 3 aromatic carbocycles. The van der Waals surface area contributed by atoms with Crippen LogP contribution in [0.4, 0.5) is 4.39 Å². The number of nitrogens with zero attached hydrogens (tertiary/aromatic N) is 1. The standard InChI is InChI=1S/C24H16FNO4/c1-29-23-18-8-5-9-21(30-24(28)15-6-3-2-4-7-15)22(18)19(13-26-23)16-10-11-20(25)17(12-16)14-27/h2-14H,1H3. The fourth-order valence-corrected chi connectivity index (χ4v) is 3.25. The Bertz CT molecular complexity index is 1260. The Morgan fingerprint density at radius 3 is 2.57 bits per heavy atom. The molecular formula is C24H16FNO4. The van der Waals surface area contributed by atoms with Crippen molar-refractivity contribution >= 4 is 23.0 Å². The van der Waals surface area contributed by atoms with Crippen molar-refractivity contribution in [1.82, 2.24) is 4.98 Å². The highest BCUT2D eigenvalue weighted by molar-refractivity contribution is 6.05. The number of aldehydes is 1. The van der Waals surface area contributed by atoms with Gasteiger partial charge in [0, 0.05) is 22.5 Å². The highest BCUT2D eigenvalue weighted by atomic mass is 19.1. The lowest BCUT2D eigenvalue weighted by atomic mass is 9.98. The zero-order valence-electron chi connectivity index (χ0n) is 16.0. The third-order valence-corrected chi connectivity index (χ3v) is 4.68. The molecule has 0 spiro atoms. The van der Waals surface area contributed by atoms with Crippen LogP contribution in [-0.2, 0) is 0 Å². The van der Waals surface area contributed by atoms with Gasteiger partial charge in [-0.25, -0.2) is 14.2 Å². The first-order chi connectivity index (χ1) is 14.6. The Kier molecular flexibility index (Phi) is 5.22. The molecule has 0 aliphatic rings. The molecule has 5 nitrogen and oxygen atoms in total. The molecule has 4 aromatic rings. The topological polar surface area (TPSA) is 65.5 Å². The Balaban J connectivity index is 1.91. The molecule has 0 aliphatic carbocycles. The number of methoxy groups -OCH3 is 1. The van der Waals surface area contributed by atoms with Gasteiger partial charge in [-0.05, 0) is 42.0 Å². The number of aromatic nitrogens is 1. The second-order valence-electron chi connectivity index (χ2n) is 6.47. The van der Waals surface area contributed by atoms with Crippen molar-refractivity contribution in [3.8, 4) is 22.8 Å². The summed E-state index contributed by atoms with van der Waals surface area (Å²) in [5.41, 5.74) is 1.46. The molecule has 1 heterocycles. The van der Waals surface area contributed by atoms with E-state index in [0.717, 1.165) is 0 Å². The van der Waals surface area contributed by atoms with E-state index >= 15 is 0 Å². The summed E-state index contributed by atoms with van der Waals surface area (Å²) in [6, 6.07) is 18.0. The van der Waals surface area contributed by atoms with Crippen molar-refractivity contribution in [3.05, 3.63) is 89.9 Å². The second-order valence-corrected chi connectivity index (χ2v) is 6.47. The van der Waals surface area contributed by atoms with Crippen LogP contribution in [0.5, 0.6) is 11.6 Å². The summed E-state index contributed by atoms with van der Waals surface area (Å²) in [4.78, 5) is 28.2. The SMILES string of the molecule is COc1ncc(-c2ccc(F)c(C=O)c2)c2c(OC(=O)c3ccccc3)cccc12. The third-order valence-electron chi connectivity index (χ3n) is 4.68. The number of fused-ring (bicyclic) bond motifs is 1. The number of hydrogen-bond acceptors (Lipinski definition) is 5. The molecule has 0 N–H and O–H groups in total. The number of hydrogen-bond donors (Lipinski definition) is 0. The Morgan fingerprint density at radius 2 is 1.83 bits per heavy atom. The molecule has 0 atom stereocenters. The van der Waals surface area contributed by atoms with Gasteiger partial charge in [0.2, 0.25) is 5.88 Å². The minimum absolute atomic E-state index is 0.0739. The van der Waals surface area contributed by atoms with Gasteiger partial charge in [-0.2, -0.15) is 0 Å². The summed E-state index contributed by atoms with van der Waals surface area (Å²) >= 11 is 0. The molecule has 6 heteroatoms. The van der Waals surface area contributed by atoms with Crippen LogP contribution in [-0.4, -0.2) is 24.3 Å². The lowest BCUT2D eigenvalue weighted by Gasteiger charge is -2.14. The molecule has 30 heavy (non-hydrogen) atoms.